The van der Waals surface area contributed by atoms with Gasteiger partial charge in [0.15, 0.2) is 0 Å². The quantitative estimate of drug-likeness (QED) is 0.0161. The third-order valence-electron chi connectivity index (χ3n) is 11.7. The molecule has 1 amide bonds. The van der Waals surface area contributed by atoms with Gasteiger partial charge in [-0.25, -0.2) is 0 Å². The van der Waals surface area contributed by atoms with Crippen LogP contribution >= 0.6 is 7.82 Å². The second-order valence-corrected chi connectivity index (χ2v) is 20.8. The van der Waals surface area contributed by atoms with E-state index in [-0.39, 0.29) is 24.9 Å². The molecule has 0 heterocycles. The van der Waals surface area contributed by atoms with Crippen molar-refractivity contribution in [1.82, 2.24) is 5.32 Å². The number of unbranched alkanes of at least 4 members (excludes halogenated alkanes) is 26. The van der Waals surface area contributed by atoms with E-state index in [2.05, 4.69) is 74.7 Å². The number of carbonyl (C=O) groups is 2. The highest BCUT2D eigenvalue weighted by Crippen LogP contribution is 2.38. The van der Waals surface area contributed by atoms with Crippen LogP contribution in [0.25, 0.3) is 0 Å². The third-order valence-corrected chi connectivity index (χ3v) is 12.7. The first-order valence-electron chi connectivity index (χ1n) is 27.1. The van der Waals surface area contributed by atoms with Gasteiger partial charge in [-0.1, -0.05) is 204 Å². The Morgan fingerprint density at radius 2 is 0.985 bits per heavy atom. The molecule has 0 spiro atoms. The molecule has 1 N–H and O–H groups in total. The van der Waals surface area contributed by atoms with Crippen molar-refractivity contribution in [1.29, 1.82) is 0 Å². The second kappa shape index (κ2) is 46.4. The monoisotopic (exact) mass is 947 g/mol. The highest BCUT2D eigenvalue weighted by molar-refractivity contribution is 7.45. The van der Waals surface area contributed by atoms with Crippen LogP contribution in [0.15, 0.2) is 60.8 Å². The van der Waals surface area contributed by atoms with Gasteiger partial charge in [0.1, 0.15) is 19.3 Å². The van der Waals surface area contributed by atoms with E-state index in [1.54, 1.807) is 0 Å². The van der Waals surface area contributed by atoms with Gasteiger partial charge < -0.3 is 28.5 Å². The molecular formula is C56H103N2O7P. The fraction of sp³-hybridized carbons (Fsp3) is 0.786. The molecule has 0 saturated heterocycles. The number of hydrogen-bond acceptors (Lipinski definition) is 7. The zero-order chi connectivity index (χ0) is 48.7. The molecule has 0 aliphatic carbocycles. The Bertz CT molecular complexity index is 1320. The number of esters is 1. The molecule has 0 radical (unpaired) electrons. The Balaban J connectivity index is 5.41. The minimum absolute atomic E-state index is 0.0286. The second-order valence-electron chi connectivity index (χ2n) is 19.4. The Morgan fingerprint density at radius 3 is 1.50 bits per heavy atom. The lowest BCUT2D eigenvalue weighted by Gasteiger charge is -2.30. The standard InChI is InChI=1S/C56H103N2O7P/c1-7-10-13-16-19-22-25-27-29-30-33-36-39-42-45-48-55(59)57-53(52-64-66(61,62)63-51-50-58(4,5)6)54(47-44-41-38-35-32-24-21-18-15-12-9-3)65-56(60)49-46-43-40-37-34-31-28-26-23-20-17-14-11-8-2/h10,13,16,19,22,25,31,34,44,47,53-54H,7-9,11-12,14-15,17-18,20-21,23-24,26-30,32-33,35-43,45-46,48-52H2,1-6H3,(H-,57,59,61,62)/b13-10+,19-16+,25-22+,34-31-,47-44+. The smallest absolute Gasteiger partial charge is 0.306 e. The van der Waals surface area contributed by atoms with Crippen LogP contribution in [0.5, 0.6) is 0 Å². The van der Waals surface area contributed by atoms with Gasteiger partial charge >= 0.3 is 5.97 Å². The molecule has 0 aromatic rings. The summed E-state index contributed by atoms with van der Waals surface area (Å²) in [6, 6.07) is -0.899. The van der Waals surface area contributed by atoms with E-state index in [9.17, 15) is 19.0 Å². The van der Waals surface area contributed by atoms with Crippen molar-refractivity contribution in [3.63, 3.8) is 0 Å². The predicted octanol–water partition coefficient (Wildman–Crippen LogP) is 15.3. The molecule has 10 heteroatoms. The lowest BCUT2D eigenvalue weighted by Crippen LogP contribution is -2.47. The zero-order valence-electron chi connectivity index (χ0n) is 43.6. The number of amides is 1. The lowest BCUT2D eigenvalue weighted by molar-refractivity contribution is -0.870. The Labute approximate surface area is 407 Å². The first-order chi connectivity index (χ1) is 31.9. The van der Waals surface area contributed by atoms with E-state index in [0.29, 0.717) is 23.9 Å². The van der Waals surface area contributed by atoms with E-state index in [1.165, 1.54) is 109 Å². The molecule has 9 nitrogen and oxygen atoms in total. The van der Waals surface area contributed by atoms with Crippen LogP contribution in [0, 0.1) is 0 Å². The van der Waals surface area contributed by atoms with Gasteiger partial charge in [-0.05, 0) is 76.7 Å². The van der Waals surface area contributed by atoms with Crippen molar-refractivity contribution in [2.24, 2.45) is 0 Å². The summed E-state index contributed by atoms with van der Waals surface area (Å²) in [4.78, 5) is 39.7. The number of likely N-dealkylation sites (N-methyl/N-ethyl adjacent to an activating group) is 1. The molecule has 0 fully saturated rings. The molecule has 3 atom stereocenters. The van der Waals surface area contributed by atoms with Gasteiger partial charge in [-0.15, -0.1) is 0 Å². The van der Waals surface area contributed by atoms with Crippen LogP contribution in [0.4, 0.5) is 0 Å². The Morgan fingerprint density at radius 1 is 0.545 bits per heavy atom. The largest absolute Gasteiger partial charge is 0.756 e. The SMILES string of the molecule is CC/C=C/C=C/C=C/CCCCCCCCCC(=O)NC(COP(=O)([O-])OCC[N+](C)(C)C)C(/C=C/CCCCCCCCCCC)OC(=O)CCCCC/C=C\CCCCCCCCC. The fourth-order valence-corrected chi connectivity index (χ4v) is 8.24. The molecule has 0 aromatic carbocycles. The molecule has 0 aromatic heterocycles. The van der Waals surface area contributed by atoms with Crippen molar-refractivity contribution in [2.75, 3.05) is 40.9 Å². The summed E-state index contributed by atoms with van der Waals surface area (Å²) >= 11 is 0. The van der Waals surface area contributed by atoms with Crippen molar-refractivity contribution < 1.29 is 37.3 Å². The van der Waals surface area contributed by atoms with Crippen LogP contribution in [-0.2, 0) is 27.9 Å². The third kappa shape index (κ3) is 46.8. The summed E-state index contributed by atoms with van der Waals surface area (Å²) < 4.78 is 30.1. The van der Waals surface area contributed by atoms with E-state index >= 15 is 0 Å². The molecule has 3 unspecified atom stereocenters. The summed E-state index contributed by atoms with van der Waals surface area (Å²) in [5, 5.41) is 3.00. The lowest BCUT2D eigenvalue weighted by atomic mass is 10.1. The summed E-state index contributed by atoms with van der Waals surface area (Å²) in [5.41, 5.74) is 0. The molecule has 0 aliphatic heterocycles. The fourth-order valence-electron chi connectivity index (χ4n) is 7.52. The summed E-state index contributed by atoms with van der Waals surface area (Å²) in [5.74, 6) is -0.576. The Kier molecular flexibility index (Phi) is 44.8. The van der Waals surface area contributed by atoms with Gasteiger partial charge in [0.05, 0.1) is 33.8 Å². The van der Waals surface area contributed by atoms with Crippen molar-refractivity contribution in [3.05, 3.63) is 60.8 Å². The van der Waals surface area contributed by atoms with Gasteiger partial charge in [0.2, 0.25) is 5.91 Å². The number of phosphoric ester groups is 1. The normalized spacial score (nSPS) is 14.3. The van der Waals surface area contributed by atoms with Gasteiger partial charge in [-0.3, -0.25) is 14.2 Å². The number of rotatable bonds is 48. The number of ether oxygens (including phenoxy) is 1. The molecule has 0 saturated carbocycles. The summed E-state index contributed by atoms with van der Waals surface area (Å²) in [6.45, 7) is 6.67. The van der Waals surface area contributed by atoms with Gasteiger partial charge in [0.25, 0.3) is 7.82 Å². The molecule has 0 aliphatic rings. The maximum absolute atomic E-state index is 13.4. The molecule has 0 rings (SSSR count). The van der Waals surface area contributed by atoms with Crippen molar-refractivity contribution >= 4 is 19.7 Å². The number of nitrogens with one attached hydrogen (secondary N) is 1. The molecule has 0 bridgehead atoms. The van der Waals surface area contributed by atoms with Gasteiger partial charge in [-0.2, -0.15) is 0 Å². The predicted molar refractivity (Wildman–Crippen MR) is 279 cm³/mol. The van der Waals surface area contributed by atoms with Crippen LogP contribution in [0.2, 0.25) is 0 Å². The number of allylic oxidation sites excluding steroid dienone is 9. The molecule has 384 valence electrons. The van der Waals surface area contributed by atoms with E-state index in [4.69, 9.17) is 13.8 Å². The zero-order valence-corrected chi connectivity index (χ0v) is 44.5. The van der Waals surface area contributed by atoms with E-state index in [1.807, 2.05) is 33.3 Å². The topological polar surface area (TPSA) is 114 Å². The van der Waals surface area contributed by atoms with Crippen molar-refractivity contribution in [2.45, 2.75) is 245 Å². The first-order valence-corrected chi connectivity index (χ1v) is 28.6. The molecule has 66 heavy (non-hydrogen) atoms. The molecular weight excluding hydrogens is 844 g/mol. The van der Waals surface area contributed by atoms with E-state index < -0.39 is 26.6 Å². The first kappa shape index (κ1) is 63.7. The minimum Gasteiger partial charge on any atom is -0.756 e. The van der Waals surface area contributed by atoms with Gasteiger partial charge in [0, 0.05) is 12.8 Å². The van der Waals surface area contributed by atoms with Crippen LogP contribution < -0.4 is 10.2 Å². The van der Waals surface area contributed by atoms with Crippen LogP contribution in [-0.4, -0.2) is 69.4 Å². The number of nitrogens with zero attached hydrogens (tertiary/aromatic N) is 1. The van der Waals surface area contributed by atoms with Crippen LogP contribution in [0.1, 0.15) is 233 Å². The van der Waals surface area contributed by atoms with Crippen LogP contribution in [0.3, 0.4) is 0 Å². The average molecular weight is 947 g/mol. The number of carbonyl (C=O) groups excluding carboxylic acids is 2. The minimum atomic E-state index is -4.70. The highest BCUT2D eigenvalue weighted by Gasteiger charge is 2.27. The Hall–Kier alpha value is -2.29. The maximum atomic E-state index is 13.4. The van der Waals surface area contributed by atoms with Crippen molar-refractivity contribution in [3.8, 4) is 0 Å². The number of quaternary nitrogens is 1. The number of hydrogen-bond donors (Lipinski definition) is 1. The summed E-state index contributed by atoms with van der Waals surface area (Å²) in [6.07, 6.45) is 56.1. The average Bonchev–Trinajstić information content (AvgIpc) is 3.27. The highest BCUT2D eigenvalue weighted by atomic mass is 31.2. The number of phosphoric acid groups is 1. The van der Waals surface area contributed by atoms with E-state index in [0.717, 1.165) is 83.5 Å². The summed E-state index contributed by atoms with van der Waals surface area (Å²) in [7, 11) is 1.16. The maximum Gasteiger partial charge on any atom is 0.306 e.